The number of nitrogens with zero attached hydrogens (tertiary/aromatic N) is 1. The van der Waals surface area contributed by atoms with Crippen molar-refractivity contribution in [2.45, 2.75) is 33.1 Å². The van der Waals surface area contributed by atoms with E-state index in [1.54, 1.807) is 0 Å². The molecular formula is C23H32N2O. The third-order valence-corrected chi connectivity index (χ3v) is 4.62. The molecule has 1 aliphatic rings. The second-order valence-electron chi connectivity index (χ2n) is 6.99. The average Bonchev–Trinajstić information content (AvgIpc) is 3.27. The molecule has 3 aromatic rings. The van der Waals surface area contributed by atoms with Gasteiger partial charge in [0.2, 0.25) is 0 Å². The van der Waals surface area contributed by atoms with E-state index in [2.05, 4.69) is 61.1 Å². The van der Waals surface area contributed by atoms with Crippen LogP contribution in [0.5, 0.6) is 0 Å². The number of benzene rings is 2. The Morgan fingerprint density at radius 1 is 1.00 bits per heavy atom. The van der Waals surface area contributed by atoms with Crippen molar-refractivity contribution in [1.82, 2.24) is 9.88 Å². The number of likely N-dealkylation sites (tertiary alicyclic amines) is 1. The Labute approximate surface area is 157 Å². The van der Waals surface area contributed by atoms with Gasteiger partial charge in [0, 0.05) is 23.7 Å². The van der Waals surface area contributed by atoms with Gasteiger partial charge in [-0.25, -0.2) is 0 Å². The quantitative estimate of drug-likeness (QED) is 0.700. The van der Waals surface area contributed by atoms with Crippen LogP contribution in [0, 0.1) is 13.8 Å². The molecule has 1 fully saturated rings. The fraction of sp³-hybridized carbons (Fsp3) is 0.391. The highest BCUT2D eigenvalue weighted by Gasteiger charge is 2.03. The topological polar surface area (TPSA) is 39.3 Å². The van der Waals surface area contributed by atoms with Crippen LogP contribution in [0.2, 0.25) is 0 Å². The van der Waals surface area contributed by atoms with Gasteiger partial charge in [0.05, 0.1) is 0 Å². The predicted octanol–water partition coefficient (Wildman–Crippen LogP) is 4.72. The van der Waals surface area contributed by atoms with Crippen LogP contribution in [-0.2, 0) is 6.42 Å². The second-order valence-corrected chi connectivity index (χ2v) is 6.99. The molecule has 1 aromatic heterocycles. The van der Waals surface area contributed by atoms with Gasteiger partial charge in [-0.1, -0.05) is 42.0 Å². The number of aliphatic hydroxyl groups is 1. The first kappa shape index (κ1) is 20.2. The van der Waals surface area contributed by atoms with Crippen molar-refractivity contribution < 1.29 is 5.11 Å². The second kappa shape index (κ2) is 10.8. The first-order chi connectivity index (χ1) is 12.6. The van der Waals surface area contributed by atoms with Crippen LogP contribution in [-0.4, -0.2) is 41.7 Å². The van der Waals surface area contributed by atoms with Gasteiger partial charge < -0.3 is 15.0 Å². The van der Waals surface area contributed by atoms with E-state index in [0.717, 1.165) is 6.42 Å². The van der Waals surface area contributed by atoms with Gasteiger partial charge in [0.25, 0.3) is 0 Å². The number of hydrogen-bond acceptors (Lipinski definition) is 2. The smallest absolute Gasteiger partial charge is 0.0471 e. The molecule has 0 atom stereocenters. The van der Waals surface area contributed by atoms with Crippen molar-refractivity contribution >= 4 is 10.9 Å². The van der Waals surface area contributed by atoms with Crippen molar-refractivity contribution in [3.05, 3.63) is 71.4 Å². The Balaban J connectivity index is 0.000000157. The van der Waals surface area contributed by atoms with Gasteiger partial charge in [0.15, 0.2) is 0 Å². The molecule has 1 saturated heterocycles. The molecule has 0 saturated carbocycles. The molecule has 2 heterocycles. The van der Waals surface area contributed by atoms with E-state index >= 15 is 0 Å². The van der Waals surface area contributed by atoms with E-state index in [4.69, 9.17) is 5.11 Å². The summed E-state index contributed by atoms with van der Waals surface area (Å²) >= 11 is 0. The highest BCUT2D eigenvalue weighted by Crippen LogP contribution is 2.18. The average molecular weight is 353 g/mol. The molecule has 3 heteroatoms. The molecule has 4 rings (SSSR count). The van der Waals surface area contributed by atoms with E-state index < -0.39 is 0 Å². The minimum atomic E-state index is 0.217. The van der Waals surface area contributed by atoms with Crippen molar-refractivity contribution in [1.29, 1.82) is 0 Å². The lowest BCUT2D eigenvalue weighted by Gasteiger charge is -2.01. The Morgan fingerprint density at radius 3 is 2.19 bits per heavy atom. The number of aryl methyl sites for hydroxylation is 2. The first-order valence-corrected chi connectivity index (χ1v) is 9.48. The normalized spacial score (nSPS) is 13.7. The number of nitrogens with one attached hydrogen (secondary N) is 1. The zero-order valence-corrected chi connectivity index (χ0v) is 16.3. The summed E-state index contributed by atoms with van der Waals surface area (Å²) in [6, 6.07) is 16.5. The number of aromatic amines is 1. The molecule has 2 aromatic carbocycles. The first-order valence-electron chi connectivity index (χ1n) is 9.48. The van der Waals surface area contributed by atoms with Crippen molar-refractivity contribution in [2.75, 3.05) is 26.7 Å². The summed E-state index contributed by atoms with van der Waals surface area (Å²) in [5, 5.41) is 10.1. The SMILES string of the molecule is CN1CCCC1.Cc1c[nH]c2ccc(CCO)cc12.Cc1ccccc1. The van der Waals surface area contributed by atoms with Crippen LogP contribution in [0.15, 0.2) is 54.7 Å². The van der Waals surface area contributed by atoms with E-state index in [1.165, 1.54) is 53.5 Å². The number of hydrogen-bond donors (Lipinski definition) is 2. The molecule has 0 amide bonds. The maximum Gasteiger partial charge on any atom is 0.0471 e. The molecular weight excluding hydrogens is 320 g/mol. The van der Waals surface area contributed by atoms with Gasteiger partial charge in [-0.05, 0) is 76.5 Å². The minimum absolute atomic E-state index is 0.217. The number of fused-ring (bicyclic) bond motifs is 1. The summed E-state index contributed by atoms with van der Waals surface area (Å²) in [6.07, 6.45) is 5.57. The van der Waals surface area contributed by atoms with Gasteiger partial charge in [0.1, 0.15) is 0 Å². The number of aliphatic hydroxyl groups excluding tert-OH is 1. The lowest BCUT2D eigenvalue weighted by atomic mass is 10.1. The molecule has 0 radical (unpaired) electrons. The summed E-state index contributed by atoms with van der Waals surface area (Å²) in [4.78, 5) is 5.56. The largest absolute Gasteiger partial charge is 0.396 e. The van der Waals surface area contributed by atoms with E-state index in [9.17, 15) is 0 Å². The molecule has 140 valence electrons. The third kappa shape index (κ3) is 6.66. The van der Waals surface area contributed by atoms with Gasteiger partial charge in [-0.3, -0.25) is 0 Å². The molecule has 1 aliphatic heterocycles. The van der Waals surface area contributed by atoms with Gasteiger partial charge >= 0.3 is 0 Å². The maximum absolute atomic E-state index is 8.80. The van der Waals surface area contributed by atoms with Crippen LogP contribution in [0.4, 0.5) is 0 Å². The van der Waals surface area contributed by atoms with Crippen LogP contribution in [0.1, 0.15) is 29.5 Å². The molecule has 0 bridgehead atoms. The monoisotopic (exact) mass is 352 g/mol. The molecule has 0 unspecified atom stereocenters. The fourth-order valence-electron chi connectivity index (χ4n) is 3.00. The van der Waals surface area contributed by atoms with Crippen molar-refractivity contribution in [3.63, 3.8) is 0 Å². The third-order valence-electron chi connectivity index (χ3n) is 4.62. The van der Waals surface area contributed by atoms with Gasteiger partial charge in [-0.2, -0.15) is 0 Å². The lowest BCUT2D eigenvalue weighted by molar-refractivity contribution is 0.299. The Bertz CT molecular complexity index is 758. The summed E-state index contributed by atoms with van der Waals surface area (Å²) < 4.78 is 0. The van der Waals surface area contributed by atoms with Crippen LogP contribution < -0.4 is 0 Å². The zero-order chi connectivity index (χ0) is 18.8. The number of rotatable bonds is 2. The van der Waals surface area contributed by atoms with Crippen LogP contribution >= 0.6 is 0 Å². The van der Waals surface area contributed by atoms with E-state index in [0.29, 0.717) is 0 Å². The van der Waals surface area contributed by atoms with Crippen molar-refractivity contribution in [2.24, 2.45) is 0 Å². The standard InChI is InChI=1S/C11H13NO.C7H8.C5H11N/c1-8-7-12-11-3-2-9(4-5-13)6-10(8)11;1-7-5-3-2-4-6-7;1-6-4-2-3-5-6/h2-3,6-7,12-13H,4-5H2,1H3;2-6H,1H3;2-5H2,1H3. The number of H-pyrrole nitrogens is 1. The molecule has 3 nitrogen and oxygen atoms in total. The van der Waals surface area contributed by atoms with Gasteiger partial charge in [-0.15, -0.1) is 0 Å². The highest BCUT2D eigenvalue weighted by atomic mass is 16.2. The van der Waals surface area contributed by atoms with E-state index in [1.807, 2.05) is 24.4 Å². The number of aromatic nitrogens is 1. The molecule has 0 spiro atoms. The Morgan fingerprint density at radius 2 is 1.69 bits per heavy atom. The Kier molecular flexibility index (Phi) is 8.39. The van der Waals surface area contributed by atoms with Crippen LogP contribution in [0.3, 0.4) is 0 Å². The Hall–Kier alpha value is -2.10. The lowest BCUT2D eigenvalue weighted by Crippen LogP contribution is -2.10. The minimum Gasteiger partial charge on any atom is -0.396 e. The summed E-state index contributed by atoms with van der Waals surface area (Å²) in [5.41, 5.74) is 4.94. The molecule has 26 heavy (non-hydrogen) atoms. The highest BCUT2D eigenvalue weighted by molar-refractivity contribution is 5.83. The summed E-state index contributed by atoms with van der Waals surface area (Å²) in [5.74, 6) is 0. The molecule has 0 aliphatic carbocycles. The van der Waals surface area contributed by atoms with Crippen molar-refractivity contribution in [3.8, 4) is 0 Å². The molecule has 2 N–H and O–H groups in total. The maximum atomic E-state index is 8.80. The summed E-state index contributed by atoms with van der Waals surface area (Å²) in [7, 11) is 2.17. The zero-order valence-electron chi connectivity index (χ0n) is 16.3. The van der Waals surface area contributed by atoms with E-state index in [-0.39, 0.29) is 6.61 Å². The van der Waals surface area contributed by atoms with Crippen LogP contribution in [0.25, 0.3) is 10.9 Å². The predicted molar refractivity (Wildman–Crippen MR) is 112 cm³/mol. The fourth-order valence-corrected chi connectivity index (χ4v) is 3.00. The summed E-state index contributed by atoms with van der Waals surface area (Å²) in [6.45, 7) is 7.02.